The van der Waals surface area contributed by atoms with Crippen LogP contribution in [-0.4, -0.2) is 27.6 Å². The minimum absolute atomic E-state index is 0.0257. The van der Waals surface area contributed by atoms with Crippen LogP contribution < -0.4 is 5.32 Å². The number of nitrogens with one attached hydrogen (secondary N) is 1. The molecule has 0 spiro atoms. The van der Waals surface area contributed by atoms with Crippen LogP contribution in [0.15, 0.2) is 30.3 Å². The van der Waals surface area contributed by atoms with E-state index in [1.165, 1.54) is 0 Å². The number of fused-ring (bicyclic) bond motifs is 1. The third-order valence-corrected chi connectivity index (χ3v) is 4.78. The van der Waals surface area contributed by atoms with E-state index in [4.69, 9.17) is 4.74 Å². The Morgan fingerprint density at radius 2 is 1.93 bits per heavy atom. The van der Waals surface area contributed by atoms with Gasteiger partial charge in [0.05, 0.1) is 12.3 Å². The quantitative estimate of drug-likeness (QED) is 0.698. The summed E-state index contributed by atoms with van der Waals surface area (Å²) < 4.78 is 7.07. The van der Waals surface area contributed by atoms with Gasteiger partial charge in [-0.05, 0) is 43.9 Å². The van der Waals surface area contributed by atoms with Crippen molar-refractivity contribution in [1.82, 2.24) is 19.9 Å². The van der Waals surface area contributed by atoms with E-state index in [0.29, 0.717) is 26.0 Å². The summed E-state index contributed by atoms with van der Waals surface area (Å²) in [5.41, 5.74) is 7.05. The van der Waals surface area contributed by atoms with E-state index in [2.05, 4.69) is 15.4 Å². The summed E-state index contributed by atoms with van der Waals surface area (Å²) in [7, 11) is 1.67. The van der Waals surface area contributed by atoms with Crippen LogP contribution in [0.4, 0.5) is 0 Å². The molecule has 142 valence electrons. The predicted octanol–water partition coefficient (Wildman–Crippen LogP) is 3.05. The molecule has 0 bridgehead atoms. The second kappa shape index (κ2) is 8.31. The molecule has 0 fully saturated rings. The Kier molecular flexibility index (Phi) is 5.86. The average Bonchev–Trinajstić information content (AvgIpc) is 3.01. The topological polar surface area (TPSA) is 68.5 Å². The van der Waals surface area contributed by atoms with Crippen molar-refractivity contribution in [2.75, 3.05) is 7.11 Å². The fourth-order valence-corrected chi connectivity index (χ4v) is 3.35. The van der Waals surface area contributed by atoms with Crippen LogP contribution in [0.2, 0.25) is 0 Å². The zero-order valence-electron chi connectivity index (χ0n) is 16.4. The van der Waals surface area contributed by atoms with Crippen LogP contribution in [0.25, 0.3) is 5.65 Å². The monoisotopic (exact) mass is 366 g/mol. The minimum atomic E-state index is 0.0257. The van der Waals surface area contributed by atoms with E-state index >= 15 is 0 Å². The molecule has 27 heavy (non-hydrogen) atoms. The van der Waals surface area contributed by atoms with Crippen molar-refractivity contribution in [3.05, 3.63) is 64.1 Å². The highest BCUT2D eigenvalue weighted by molar-refractivity contribution is 5.76. The first-order valence-electron chi connectivity index (χ1n) is 9.14. The smallest absolute Gasteiger partial charge is 0.220 e. The van der Waals surface area contributed by atoms with Crippen molar-refractivity contribution in [2.24, 2.45) is 0 Å². The van der Waals surface area contributed by atoms with Gasteiger partial charge in [0, 0.05) is 37.5 Å². The molecule has 2 heterocycles. The second-order valence-corrected chi connectivity index (χ2v) is 6.80. The zero-order valence-corrected chi connectivity index (χ0v) is 16.4. The maximum absolute atomic E-state index is 12.4. The lowest BCUT2D eigenvalue weighted by Crippen LogP contribution is -2.24. The summed E-state index contributed by atoms with van der Waals surface area (Å²) in [6.45, 7) is 7.02. The fraction of sp³-hybridized carbons (Fsp3) is 0.381. The summed E-state index contributed by atoms with van der Waals surface area (Å²) in [4.78, 5) is 17.0. The number of methoxy groups -OCH3 is 1. The van der Waals surface area contributed by atoms with Gasteiger partial charge in [0.15, 0.2) is 5.65 Å². The molecule has 0 unspecified atom stereocenters. The summed E-state index contributed by atoms with van der Waals surface area (Å²) >= 11 is 0. The van der Waals surface area contributed by atoms with Gasteiger partial charge in [0.1, 0.15) is 0 Å². The number of carbonyl (C=O) groups is 1. The van der Waals surface area contributed by atoms with Gasteiger partial charge in [0.2, 0.25) is 5.91 Å². The minimum Gasteiger partial charge on any atom is -0.380 e. The average molecular weight is 366 g/mol. The largest absolute Gasteiger partial charge is 0.380 e. The number of hydrogen-bond acceptors (Lipinski definition) is 4. The molecule has 0 aliphatic heterocycles. The van der Waals surface area contributed by atoms with Crippen molar-refractivity contribution >= 4 is 11.6 Å². The molecule has 0 radical (unpaired) electrons. The van der Waals surface area contributed by atoms with Crippen molar-refractivity contribution in [3.63, 3.8) is 0 Å². The normalized spacial score (nSPS) is 11.1. The lowest BCUT2D eigenvalue weighted by molar-refractivity contribution is -0.121. The Balaban J connectivity index is 1.64. The van der Waals surface area contributed by atoms with Gasteiger partial charge in [-0.15, -0.1) is 0 Å². The first-order valence-corrected chi connectivity index (χ1v) is 9.14. The van der Waals surface area contributed by atoms with Gasteiger partial charge < -0.3 is 10.1 Å². The number of aryl methyl sites for hydroxylation is 3. The van der Waals surface area contributed by atoms with Crippen molar-refractivity contribution in [2.45, 2.75) is 46.8 Å². The number of hydrogen-bond donors (Lipinski definition) is 1. The third-order valence-electron chi connectivity index (χ3n) is 4.78. The van der Waals surface area contributed by atoms with Crippen LogP contribution >= 0.6 is 0 Å². The molecule has 0 aliphatic rings. The van der Waals surface area contributed by atoms with Gasteiger partial charge in [0.25, 0.3) is 0 Å². The summed E-state index contributed by atoms with van der Waals surface area (Å²) in [5.74, 6) is 0.0257. The number of rotatable bonds is 7. The van der Waals surface area contributed by atoms with Gasteiger partial charge >= 0.3 is 0 Å². The number of ether oxygens (including phenoxy) is 1. The maximum atomic E-state index is 12.4. The molecule has 1 aromatic carbocycles. The summed E-state index contributed by atoms with van der Waals surface area (Å²) in [6.07, 6.45) is 1.06. The van der Waals surface area contributed by atoms with Crippen LogP contribution in [0, 0.1) is 20.8 Å². The first-order chi connectivity index (χ1) is 13.0. The van der Waals surface area contributed by atoms with Gasteiger partial charge in [-0.1, -0.05) is 24.3 Å². The number of benzene rings is 1. The molecule has 3 rings (SSSR count). The third kappa shape index (κ3) is 4.34. The van der Waals surface area contributed by atoms with Crippen LogP contribution in [-0.2, 0) is 29.1 Å². The van der Waals surface area contributed by atoms with Gasteiger partial charge in [-0.3, -0.25) is 4.79 Å². The predicted molar refractivity (Wildman–Crippen MR) is 105 cm³/mol. The van der Waals surface area contributed by atoms with E-state index in [9.17, 15) is 4.79 Å². The van der Waals surface area contributed by atoms with Gasteiger partial charge in [-0.2, -0.15) is 5.10 Å². The second-order valence-electron chi connectivity index (χ2n) is 6.80. The van der Waals surface area contributed by atoms with E-state index < -0.39 is 0 Å². The Morgan fingerprint density at radius 1 is 1.19 bits per heavy atom. The highest BCUT2D eigenvalue weighted by atomic mass is 16.5. The number of carbonyl (C=O) groups excluding carboxylic acids is 1. The SMILES string of the molecule is COCc1ccccc1CNC(=O)CCc1c(C)nc2cc(C)nn2c1C. The molecule has 0 saturated heterocycles. The zero-order chi connectivity index (χ0) is 19.4. The molecule has 1 N–H and O–H groups in total. The van der Waals surface area contributed by atoms with E-state index in [-0.39, 0.29) is 5.91 Å². The van der Waals surface area contributed by atoms with E-state index in [1.807, 2.05) is 55.6 Å². The maximum Gasteiger partial charge on any atom is 0.220 e. The highest BCUT2D eigenvalue weighted by Crippen LogP contribution is 2.17. The summed E-state index contributed by atoms with van der Waals surface area (Å²) in [6, 6.07) is 9.95. The van der Waals surface area contributed by atoms with Crippen LogP contribution in [0.3, 0.4) is 0 Å². The molecule has 2 aromatic heterocycles. The standard InChI is InChI=1S/C21H26N4O2/c1-14-11-20-23-15(2)19(16(3)25(20)24-14)9-10-21(26)22-12-17-7-5-6-8-18(17)13-27-4/h5-8,11H,9-10,12-13H2,1-4H3,(H,22,26). The van der Waals surface area contributed by atoms with Crippen molar-refractivity contribution in [3.8, 4) is 0 Å². The Hall–Kier alpha value is -2.73. The lowest BCUT2D eigenvalue weighted by atomic mass is 10.1. The number of aromatic nitrogens is 3. The Morgan fingerprint density at radius 3 is 2.67 bits per heavy atom. The fourth-order valence-electron chi connectivity index (χ4n) is 3.35. The lowest BCUT2D eigenvalue weighted by Gasteiger charge is -2.12. The summed E-state index contributed by atoms with van der Waals surface area (Å²) in [5, 5.41) is 7.50. The van der Waals surface area contributed by atoms with Gasteiger partial charge in [-0.25, -0.2) is 9.50 Å². The molecule has 0 atom stereocenters. The molecular weight excluding hydrogens is 340 g/mol. The highest BCUT2D eigenvalue weighted by Gasteiger charge is 2.13. The number of amides is 1. The van der Waals surface area contributed by atoms with Crippen molar-refractivity contribution < 1.29 is 9.53 Å². The van der Waals surface area contributed by atoms with Crippen LogP contribution in [0.1, 0.15) is 40.2 Å². The molecular formula is C21H26N4O2. The molecule has 0 saturated carbocycles. The molecule has 1 amide bonds. The van der Waals surface area contributed by atoms with Crippen LogP contribution in [0.5, 0.6) is 0 Å². The van der Waals surface area contributed by atoms with E-state index in [0.717, 1.165) is 39.4 Å². The number of nitrogens with zero attached hydrogens (tertiary/aromatic N) is 3. The Labute approximate surface area is 159 Å². The molecule has 3 aromatic rings. The molecule has 6 heteroatoms. The first kappa shape index (κ1) is 19.0. The van der Waals surface area contributed by atoms with Crippen molar-refractivity contribution in [1.29, 1.82) is 0 Å². The molecule has 0 aliphatic carbocycles. The van der Waals surface area contributed by atoms with E-state index in [1.54, 1.807) is 7.11 Å². The molecule has 6 nitrogen and oxygen atoms in total. The Bertz CT molecular complexity index is 962.